The molecule has 2 aliphatic heterocycles. The molecule has 0 aromatic heterocycles. The molecule has 0 bridgehead atoms. The molecule has 2 heterocycles. The Bertz CT molecular complexity index is 395. The van der Waals surface area contributed by atoms with Crippen LogP contribution >= 0.6 is 27.5 Å². The minimum absolute atomic E-state index is 0.0558. The Morgan fingerprint density at radius 1 is 1.45 bits per heavy atom. The van der Waals surface area contributed by atoms with Gasteiger partial charge in [0.1, 0.15) is 6.10 Å². The van der Waals surface area contributed by atoms with E-state index in [1.54, 1.807) is 6.08 Å². The van der Waals surface area contributed by atoms with E-state index in [4.69, 9.17) is 27.5 Å². The van der Waals surface area contributed by atoms with Crippen LogP contribution < -0.4 is 0 Å². The lowest BCUT2D eigenvalue weighted by atomic mass is 9.98. The lowest BCUT2D eigenvalue weighted by Crippen LogP contribution is -2.42. The Hall–Kier alpha value is -0.0500. The zero-order chi connectivity index (χ0) is 14.7. The Balaban J connectivity index is 2.04. The second-order valence-electron chi connectivity index (χ2n) is 5.28. The summed E-state index contributed by atoms with van der Waals surface area (Å²) in [6, 6.07) is 0. The minimum atomic E-state index is -0.794. The summed E-state index contributed by atoms with van der Waals surface area (Å²) in [5.41, 5.74) is 0. The first-order chi connectivity index (χ1) is 9.56. The van der Waals surface area contributed by atoms with Gasteiger partial charge in [0.15, 0.2) is 0 Å². The Kier molecular flexibility index (Phi) is 5.95. The molecule has 0 spiro atoms. The van der Waals surface area contributed by atoms with Crippen LogP contribution in [0, 0.1) is 12.3 Å². The van der Waals surface area contributed by atoms with Crippen LogP contribution in [-0.2, 0) is 9.47 Å². The van der Waals surface area contributed by atoms with E-state index in [1.807, 2.05) is 0 Å². The first-order valence-corrected chi connectivity index (χ1v) is 8.32. The number of rotatable bonds is 4. The van der Waals surface area contributed by atoms with Crippen LogP contribution in [0.1, 0.15) is 26.2 Å². The number of hydrogen-bond acceptors (Lipinski definition) is 3. The molecule has 0 aliphatic carbocycles. The van der Waals surface area contributed by atoms with Gasteiger partial charge in [0.05, 0.1) is 29.8 Å². The maximum Gasteiger partial charge on any atom is 0.100 e. The molecule has 0 aromatic rings. The summed E-state index contributed by atoms with van der Waals surface area (Å²) in [4.78, 5) is 0.243. The van der Waals surface area contributed by atoms with Gasteiger partial charge in [-0.05, 0) is 18.9 Å². The van der Waals surface area contributed by atoms with Crippen LogP contribution in [0.15, 0.2) is 12.2 Å². The second-order valence-corrected chi connectivity index (χ2v) is 6.96. The van der Waals surface area contributed by atoms with Gasteiger partial charge in [-0.3, -0.25) is 0 Å². The summed E-state index contributed by atoms with van der Waals surface area (Å²) in [5.74, 6) is 2.37. The minimum Gasteiger partial charge on any atom is -0.389 e. The molecule has 7 atom stereocenters. The highest BCUT2D eigenvalue weighted by atomic mass is 79.9. The zero-order valence-electron chi connectivity index (χ0n) is 11.4. The van der Waals surface area contributed by atoms with Gasteiger partial charge in [0, 0.05) is 11.2 Å². The summed E-state index contributed by atoms with van der Waals surface area (Å²) in [7, 11) is 0. The summed E-state index contributed by atoms with van der Waals surface area (Å²) in [6.45, 7) is 2.08. The number of ether oxygens (including phenoxy) is 2. The molecule has 0 saturated carbocycles. The topological polar surface area (TPSA) is 42.0 Å². The van der Waals surface area contributed by atoms with Gasteiger partial charge in [-0.25, -0.2) is 0 Å². The third kappa shape index (κ3) is 3.99. The summed E-state index contributed by atoms with van der Waals surface area (Å²) in [6.07, 6.45) is 10.2. The van der Waals surface area contributed by atoms with Gasteiger partial charge in [-0.2, -0.15) is 0 Å². The van der Waals surface area contributed by atoms with E-state index in [0.717, 1.165) is 12.8 Å². The van der Waals surface area contributed by atoms with Crippen LogP contribution in [0.4, 0.5) is 0 Å². The average Bonchev–Trinajstić information content (AvgIpc) is 3.14. The summed E-state index contributed by atoms with van der Waals surface area (Å²) in [5, 5.41) is 9.82. The molecule has 0 amide bonds. The molecule has 0 aromatic carbocycles. The van der Waals surface area contributed by atoms with E-state index in [0.29, 0.717) is 6.42 Å². The van der Waals surface area contributed by atoms with Crippen molar-refractivity contribution in [3.8, 4) is 12.3 Å². The van der Waals surface area contributed by atoms with Crippen molar-refractivity contribution in [1.29, 1.82) is 0 Å². The Morgan fingerprint density at radius 3 is 2.80 bits per heavy atom. The van der Waals surface area contributed by atoms with Gasteiger partial charge in [0.2, 0.25) is 0 Å². The number of epoxide rings is 1. The molecule has 3 nitrogen and oxygen atoms in total. The molecule has 0 radical (unpaired) electrons. The third-order valence-corrected chi connectivity index (χ3v) is 5.22. The molecule has 3 unspecified atom stereocenters. The normalized spacial score (nSPS) is 40.2. The summed E-state index contributed by atoms with van der Waals surface area (Å²) >= 11 is 9.82. The highest BCUT2D eigenvalue weighted by Gasteiger charge is 2.47. The number of aliphatic hydroxyl groups is 1. The van der Waals surface area contributed by atoms with Gasteiger partial charge in [-0.1, -0.05) is 34.9 Å². The Morgan fingerprint density at radius 2 is 2.15 bits per heavy atom. The second kappa shape index (κ2) is 7.29. The quantitative estimate of drug-likeness (QED) is 0.474. The standard InChI is InChI=1S/C15H20BrClO3/c1-3-5-6-10(17)15(18)14-8-13-12(20-13)7-9(16)11(4-2)19-14/h1,5-6,9-15,18H,4,7-8H2,2H3/b6-5-/t9-,10?,11+,12-,13+,14?,15?/m0/s1. The fourth-order valence-corrected chi connectivity index (χ4v) is 3.70. The van der Waals surface area contributed by atoms with Crippen LogP contribution in [0.3, 0.4) is 0 Å². The number of fused-ring (bicyclic) bond motifs is 1. The number of terminal acetylenes is 1. The van der Waals surface area contributed by atoms with E-state index < -0.39 is 11.5 Å². The van der Waals surface area contributed by atoms with Crippen molar-refractivity contribution in [2.75, 3.05) is 0 Å². The molecular weight excluding hydrogens is 344 g/mol. The lowest BCUT2D eigenvalue weighted by molar-refractivity contribution is -0.0828. The fourth-order valence-electron chi connectivity index (χ4n) is 2.60. The number of alkyl halides is 2. The largest absolute Gasteiger partial charge is 0.389 e. The monoisotopic (exact) mass is 362 g/mol. The maximum atomic E-state index is 10.4. The van der Waals surface area contributed by atoms with Crippen molar-refractivity contribution in [2.24, 2.45) is 0 Å². The molecule has 2 rings (SSSR count). The van der Waals surface area contributed by atoms with Gasteiger partial charge in [-0.15, -0.1) is 18.0 Å². The molecule has 2 fully saturated rings. The summed E-state index contributed by atoms with van der Waals surface area (Å²) < 4.78 is 11.7. The van der Waals surface area contributed by atoms with Crippen molar-refractivity contribution in [3.63, 3.8) is 0 Å². The average molecular weight is 364 g/mol. The van der Waals surface area contributed by atoms with Gasteiger partial charge < -0.3 is 14.6 Å². The van der Waals surface area contributed by atoms with Crippen molar-refractivity contribution >= 4 is 27.5 Å². The van der Waals surface area contributed by atoms with E-state index in [-0.39, 0.29) is 29.2 Å². The molecular formula is C15H20BrClO3. The molecule has 1 N–H and O–H groups in total. The number of aliphatic hydroxyl groups excluding tert-OH is 1. The number of hydrogen-bond donors (Lipinski definition) is 1. The van der Waals surface area contributed by atoms with E-state index in [9.17, 15) is 5.11 Å². The predicted octanol–water partition coefficient (Wildman–Crippen LogP) is 2.63. The SMILES string of the molecule is C#C/C=C\C(Cl)C(O)C1C[C@H]2O[C@H]2C[C@H](Br)[C@@H](CC)O1. The first-order valence-electron chi connectivity index (χ1n) is 6.96. The third-order valence-electron chi connectivity index (χ3n) is 3.85. The molecule has 20 heavy (non-hydrogen) atoms. The maximum absolute atomic E-state index is 10.4. The lowest BCUT2D eigenvalue weighted by Gasteiger charge is -2.32. The smallest absolute Gasteiger partial charge is 0.100 e. The van der Waals surface area contributed by atoms with E-state index in [1.165, 1.54) is 6.08 Å². The van der Waals surface area contributed by atoms with Crippen LogP contribution in [0.5, 0.6) is 0 Å². The van der Waals surface area contributed by atoms with E-state index in [2.05, 4.69) is 28.8 Å². The molecule has 2 saturated heterocycles. The van der Waals surface area contributed by atoms with Gasteiger partial charge in [0.25, 0.3) is 0 Å². The number of allylic oxidation sites excluding steroid dienone is 1. The first kappa shape index (κ1) is 16.3. The van der Waals surface area contributed by atoms with Crippen LogP contribution in [-0.4, -0.2) is 45.8 Å². The van der Waals surface area contributed by atoms with Crippen molar-refractivity contribution in [1.82, 2.24) is 0 Å². The number of halogens is 2. The molecule has 112 valence electrons. The zero-order valence-corrected chi connectivity index (χ0v) is 13.8. The van der Waals surface area contributed by atoms with Gasteiger partial charge >= 0.3 is 0 Å². The Labute approximate surface area is 133 Å². The van der Waals surface area contributed by atoms with Crippen LogP contribution in [0.25, 0.3) is 0 Å². The highest BCUT2D eigenvalue weighted by Crippen LogP contribution is 2.38. The molecule has 5 heteroatoms. The van der Waals surface area contributed by atoms with E-state index >= 15 is 0 Å². The molecule has 2 aliphatic rings. The van der Waals surface area contributed by atoms with Crippen LogP contribution in [0.2, 0.25) is 0 Å². The fraction of sp³-hybridized carbons (Fsp3) is 0.733. The van der Waals surface area contributed by atoms with Crippen molar-refractivity contribution in [2.45, 2.75) is 66.9 Å². The van der Waals surface area contributed by atoms with Crippen molar-refractivity contribution < 1.29 is 14.6 Å². The predicted molar refractivity (Wildman–Crippen MR) is 83.2 cm³/mol. The highest BCUT2D eigenvalue weighted by molar-refractivity contribution is 9.09. The van der Waals surface area contributed by atoms with Crippen molar-refractivity contribution in [3.05, 3.63) is 12.2 Å².